The van der Waals surface area contributed by atoms with Crippen LogP contribution in [0.15, 0.2) is 24.3 Å². The summed E-state index contributed by atoms with van der Waals surface area (Å²) in [6.07, 6.45) is -0.299. The van der Waals surface area contributed by atoms with Gasteiger partial charge < -0.3 is 9.84 Å². The van der Waals surface area contributed by atoms with Crippen molar-refractivity contribution < 1.29 is 19.4 Å². The maximum atomic E-state index is 11.9. The number of aromatic carboxylic acids is 1. The van der Waals surface area contributed by atoms with E-state index in [2.05, 4.69) is 0 Å². The molecule has 1 rings (SSSR count). The van der Waals surface area contributed by atoms with Gasteiger partial charge in [0.1, 0.15) is 6.10 Å². The van der Waals surface area contributed by atoms with E-state index in [4.69, 9.17) is 9.84 Å². The largest absolute Gasteiger partial charge is 0.478 e. The zero-order chi connectivity index (χ0) is 13.9. The van der Waals surface area contributed by atoms with Crippen molar-refractivity contribution in [3.05, 3.63) is 35.4 Å². The minimum atomic E-state index is -1.13. The molecule has 0 heterocycles. The van der Waals surface area contributed by atoms with E-state index >= 15 is 0 Å². The van der Waals surface area contributed by atoms with Crippen molar-refractivity contribution >= 4 is 11.9 Å². The third kappa shape index (κ3) is 3.32. The molecule has 0 aromatic heterocycles. The van der Waals surface area contributed by atoms with Gasteiger partial charge in [0.15, 0.2) is 0 Å². The maximum Gasteiger partial charge on any atom is 0.339 e. The van der Waals surface area contributed by atoms with E-state index < -0.39 is 11.9 Å². The molecule has 4 nitrogen and oxygen atoms in total. The second kappa shape index (κ2) is 5.21. The fraction of sp³-hybridized carbons (Fsp3) is 0.429. The fourth-order valence-corrected chi connectivity index (χ4v) is 1.25. The van der Waals surface area contributed by atoms with Crippen LogP contribution in [0.2, 0.25) is 0 Å². The van der Waals surface area contributed by atoms with Crippen molar-refractivity contribution in [2.75, 3.05) is 0 Å². The van der Waals surface area contributed by atoms with Crippen molar-refractivity contribution in [3.63, 3.8) is 0 Å². The molecule has 1 N–H and O–H groups in total. The first-order valence-electron chi connectivity index (χ1n) is 5.77. The molecular weight excluding hydrogens is 232 g/mol. The van der Waals surface area contributed by atoms with Crippen molar-refractivity contribution in [2.45, 2.75) is 33.8 Å². The Morgan fingerprint density at radius 1 is 1.17 bits per heavy atom. The Balaban J connectivity index is 2.95. The van der Waals surface area contributed by atoms with Gasteiger partial charge in [0.2, 0.25) is 0 Å². The van der Waals surface area contributed by atoms with Crippen LogP contribution in [0.4, 0.5) is 0 Å². The molecule has 1 unspecified atom stereocenters. The SMILES string of the molecule is CC(OC(=O)c1ccccc1C(=O)O)C(C)(C)C. The fourth-order valence-electron chi connectivity index (χ4n) is 1.25. The van der Waals surface area contributed by atoms with Crippen LogP contribution >= 0.6 is 0 Å². The monoisotopic (exact) mass is 250 g/mol. The van der Waals surface area contributed by atoms with Crippen LogP contribution in [0.1, 0.15) is 48.4 Å². The van der Waals surface area contributed by atoms with Crippen LogP contribution in [0, 0.1) is 5.41 Å². The van der Waals surface area contributed by atoms with Gasteiger partial charge >= 0.3 is 11.9 Å². The molecule has 98 valence electrons. The van der Waals surface area contributed by atoms with Crippen molar-refractivity contribution in [3.8, 4) is 0 Å². The molecule has 0 radical (unpaired) electrons. The molecule has 0 aliphatic heterocycles. The minimum Gasteiger partial charge on any atom is -0.478 e. The number of hydrogen-bond acceptors (Lipinski definition) is 3. The van der Waals surface area contributed by atoms with E-state index in [1.54, 1.807) is 19.1 Å². The predicted molar refractivity (Wildman–Crippen MR) is 67.7 cm³/mol. The summed E-state index contributed by atoms with van der Waals surface area (Å²) in [5.74, 6) is -1.73. The number of esters is 1. The van der Waals surface area contributed by atoms with Crippen molar-refractivity contribution in [1.29, 1.82) is 0 Å². The summed E-state index contributed by atoms with van der Waals surface area (Å²) in [4.78, 5) is 22.9. The van der Waals surface area contributed by atoms with Crippen molar-refractivity contribution in [2.24, 2.45) is 5.41 Å². The zero-order valence-corrected chi connectivity index (χ0v) is 11.1. The third-order valence-corrected chi connectivity index (χ3v) is 2.88. The summed E-state index contributed by atoms with van der Waals surface area (Å²) in [6.45, 7) is 7.65. The maximum absolute atomic E-state index is 11.9. The lowest BCUT2D eigenvalue weighted by molar-refractivity contribution is 0.00451. The first kappa shape index (κ1) is 14.2. The van der Waals surface area contributed by atoms with Crippen LogP contribution in [0.3, 0.4) is 0 Å². The second-order valence-electron chi connectivity index (χ2n) is 5.26. The zero-order valence-electron chi connectivity index (χ0n) is 11.1. The number of carboxylic acids is 1. The number of carboxylic acid groups (broad SMARTS) is 1. The van der Waals surface area contributed by atoms with Gasteiger partial charge in [0.05, 0.1) is 11.1 Å². The lowest BCUT2D eigenvalue weighted by Gasteiger charge is -2.27. The number of carbonyl (C=O) groups is 2. The molecule has 0 saturated carbocycles. The Bertz CT molecular complexity index is 457. The van der Waals surface area contributed by atoms with Crippen LogP contribution in [-0.4, -0.2) is 23.1 Å². The molecule has 0 aliphatic rings. The number of rotatable bonds is 3. The molecule has 0 spiro atoms. The molecule has 0 amide bonds. The second-order valence-corrected chi connectivity index (χ2v) is 5.26. The van der Waals surface area contributed by atoms with E-state index in [1.165, 1.54) is 12.1 Å². The summed E-state index contributed by atoms with van der Waals surface area (Å²) >= 11 is 0. The Morgan fingerprint density at radius 2 is 1.67 bits per heavy atom. The molecule has 0 aliphatic carbocycles. The van der Waals surface area contributed by atoms with Gasteiger partial charge in [-0.25, -0.2) is 9.59 Å². The van der Waals surface area contributed by atoms with E-state index in [-0.39, 0.29) is 22.6 Å². The molecule has 0 saturated heterocycles. The summed E-state index contributed by atoms with van der Waals surface area (Å²) in [7, 11) is 0. The highest BCUT2D eigenvalue weighted by atomic mass is 16.5. The number of hydrogen-bond donors (Lipinski definition) is 1. The molecule has 1 atom stereocenters. The summed E-state index contributed by atoms with van der Waals surface area (Å²) in [5, 5.41) is 9.00. The summed E-state index contributed by atoms with van der Waals surface area (Å²) < 4.78 is 5.29. The minimum absolute atomic E-state index is 0.0383. The highest BCUT2D eigenvalue weighted by Gasteiger charge is 2.26. The molecule has 4 heteroatoms. The van der Waals surface area contributed by atoms with Gasteiger partial charge in [-0.15, -0.1) is 0 Å². The molecule has 1 aromatic carbocycles. The number of ether oxygens (including phenoxy) is 1. The van der Waals surface area contributed by atoms with E-state index in [0.29, 0.717) is 0 Å². The van der Waals surface area contributed by atoms with Crippen LogP contribution in [0.25, 0.3) is 0 Å². The van der Waals surface area contributed by atoms with E-state index in [1.807, 2.05) is 20.8 Å². The molecule has 0 bridgehead atoms. The van der Waals surface area contributed by atoms with Gasteiger partial charge in [-0.05, 0) is 24.5 Å². The lowest BCUT2D eigenvalue weighted by atomic mass is 9.90. The Kier molecular flexibility index (Phi) is 4.11. The highest BCUT2D eigenvalue weighted by molar-refractivity contribution is 6.02. The van der Waals surface area contributed by atoms with Gasteiger partial charge in [0.25, 0.3) is 0 Å². The van der Waals surface area contributed by atoms with Crippen LogP contribution in [-0.2, 0) is 4.74 Å². The summed E-state index contributed by atoms with van der Waals surface area (Å²) in [5.41, 5.74) is -0.141. The molecule has 1 aromatic rings. The van der Waals surface area contributed by atoms with Crippen molar-refractivity contribution in [1.82, 2.24) is 0 Å². The molecular formula is C14H18O4. The Labute approximate surface area is 107 Å². The average Bonchev–Trinajstić information content (AvgIpc) is 2.27. The Morgan fingerprint density at radius 3 is 2.11 bits per heavy atom. The van der Waals surface area contributed by atoms with Gasteiger partial charge in [-0.1, -0.05) is 32.9 Å². The third-order valence-electron chi connectivity index (χ3n) is 2.88. The summed E-state index contributed by atoms with van der Waals surface area (Å²) in [6, 6.07) is 6.04. The van der Waals surface area contributed by atoms with Crippen LogP contribution in [0.5, 0.6) is 0 Å². The number of benzene rings is 1. The first-order chi connectivity index (χ1) is 8.23. The normalized spacial score (nSPS) is 12.9. The van der Waals surface area contributed by atoms with Crippen LogP contribution < -0.4 is 0 Å². The Hall–Kier alpha value is -1.84. The standard InChI is InChI=1S/C14H18O4/c1-9(14(2,3)4)18-13(17)11-8-6-5-7-10(11)12(15)16/h5-9H,1-4H3,(H,15,16). The van der Waals surface area contributed by atoms with E-state index in [0.717, 1.165) is 0 Å². The quantitative estimate of drug-likeness (QED) is 0.838. The highest BCUT2D eigenvalue weighted by Crippen LogP contribution is 2.23. The van der Waals surface area contributed by atoms with Gasteiger partial charge in [-0.3, -0.25) is 0 Å². The number of carbonyl (C=O) groups excluding carboxylic acids is 1. The average molecular weight is 250 g/mol. The molecule has 18 heavy (non-hydrogen) atoms. The van der Waals surface area contributed by atoms with E-state index in [9.17, 15) is 9.59 Å². The lowest BCUT2D eigenvalue weighted by Crippen LogP contribution is -2.29. The first-order valence-corrected chi connectivity index (χ1v) is 5.77. The topological polar surface area (TPSA) is 63.6 Å². The van der Waals surface area contributed by atoms with Gasteiger partial charge in [-0.2, -0.15) is 0 Å². The molecule has 0 fully saturated rings. The smallest absolute Gasteiger partial charge is 0.339 e. The predicted octanol–water partition coefficient (Wildman–Crippen LogP) is 2.98. The van der Waals surface area contributed by atoms with Gasteiger partial charge in [0, 0.05) is 0 Å².